The van der Waals surface area contributed by atoms with Crippen LogP contribution < -0.4 is 10.6 Å². The Morgan fingerprint density at radius 2 is 2.26 bits per heavy atom. The molecule has 1 aliphatic rings. The van der Waals surface area contributed by atoms with Crippen LogP contribution in [-0.2, 0) is 13.0 Å². The Morgan fingerprint density at radius 1 is 1.47 bits per heavy atom. The standard InChI is InChI=1S/C15H23N3O/c1-3-11(4-2)9-18-15(19)12-5-8-17-14-6-7-16-10-13(12)14/h5,8,11,16H,3-4,6-7,9-10H2,1-2H3,(H,18,19). The zero-order valence-electron chi connectivity index (χ0n) is 11.8. The molecule has 0 bridgehead atoms. The lowest BCUT2D eigenvalue weighted by Gasteiger charge is -2.20. The number of rotatable bonds is 5. The molecule has 1 aromatic heterocycles. The number of nitrogens with zero attached hydrogens (tertiary/aromatic N) is 1. The second kappa shape index (κ2) is 6.66. The Bertz CT molecular complexity index is 441. The number of carbonyl (C=O) groups is 1. The van der Waals surface area contributed by atoms with Crippen LogP contribution in [0.15, 0.2) is 12.3 Å². The minimum Gasteiger partial charge on any atom is -0.352 e. The van der Waals surface area contributed by atoms with E-state index in [1.165, 1.54) is 0 Å². The molecular weight excluding hydrogens is 238 g/mol. The van der Waals surface area contributed by atoms with Gasteiger partial charge in [-0.15, -0.1) is 0 Å². The zero-order chi connectivity index (χ0) is 13.7. The first-order chi connectivity index (χ1) is 9.26. The molecule has 1 aliphatic heterocycles. The van der Waals surface area contributed by atoms with E-state index < -0.39 is 0 Å². The molecule has 0 radical (unpaired) electrons. The molecule has 0 spiro atoms. The molecule has 0 saturated heterocycles. The Morgan fingerprint density at radius 3 is 3.00 bits per heavy atom. The maximum atomic E-state index is 12.3. The largest absolute Gasteiger partial charge is 0.352 e. The summed E-state index contributed by atoms with van der Waals surface area (Å²) in [7, 11) is 0. The first kappa shape index (κ1) is 14.0. The first-order valence-electron chi connectivity index (χ1n) is 7.21. The molecule has 2 rings (SSSR count). The van der Waals surface area contributed by atoms with Gasteiger partial charge in [-0.1, -0.05) is 26.7 Å². The number of carbonyl (C=O) groups excluding carboxylic acids is 1. The van der Waals surface area contributed by atoms with Crippen LogP contribution in [0.4, 0.5) is 0 Å². The zero-order valence-corrected chi connectivity index (χ0v) is 11.8. The van der Waals surface area contributed by atoms with Gasteiger partial charge >= 0.3 is 0 Å². The van der Waals surface area contributed by atoms with Crippen molar-refractivity contribution in [3.8, 4) is 0 Å². The fourth-order valence-electron chi connectivity index (χ4n) is 2.49. The highest BCUT2D eigenvalue weighted by Gasteiger charge is 2.18. The SMILES string of the molecule is CCC(CC)CNC(=O)c1ccnc2c1CNCC2. The van der Waals surface area contributed by atoms with Crippen LogP contribution >= 0.6 is 0 Å². The van der Waals surface area contributed by atoms with Crippen LogP contribution in [0.3, 0.4) is 0 Å². The second-order valence-electron chi connectivity index (χ2n) is 5.10. The number of nitrogens with one attached hydrogen (secondary N) is 2. The van der Waals surface area contributed by atoms with Gasteiger partial charge in [-0.3, -0.25) is 9.78 Å². The van der Waals surface area contributed by atoms with E-state index in [1.54, 1.807) is 6.20 Å². The molecule has 1 amide bonds. The van der Waals surface area contributed by atoms with Crippen LogP contribution in [0.2, 0.25) is 0 Å². The van der Waals surface area contributed by atoms with Crippen molar-refractivity contribution in [1.29, 1.82) is 0 Å². The van der Waals surface area contributed by atoms with Crippen molar-refractivity contribution in [3.05, 3.63) is 29.1 Å². The third kappa shape index (κ3) is 3.32. The van der Waals surface area contributed by atoms with E-state index in [4.69, 9.17) is 0 Å². The van der Waals surface area contributed by atoms with Gasteiger partial charge in [0.25, 0.3) is 5.91 Å². The van der Waals surface area contributed by atoms with E-state index in [2.05, 4.69) is 29.5 Å². The fraction of sp³-hybridized carbons (Fsp3) is 0.600. The lowest BCUT2D eigenvalue weighted by atomic mass is 10.00. The molecule has 0 aromatic carbocycles. The van der Waals surface area contributed by atoms with Crippen molar-refractivity contribution in [3.63, 3.8) is 0 Å². The third-order valence-electron chi connectivity index (χ3n) is 3.94. The number of pyridine rings is 1. The quantitative estimate of drug-likeness (QED) is 0.851. The highest BCUT2D eigenvalue weighted by molar-refractivity contribution is 5.95. The van der Waals surface area contributed by atoms with Crippen molar-refractivity contribution in [2.75, 3.05) is 13.1 Å². The monoisotopic (exact) mass is 261 g/mol. The van der Waals surface area contributed by atoms with E-state index in [1.807, 2.05) is 6.07 Å². The summed E-state index contributed by atoms with van der Waals surface area (Å²) in [6.07, 6.45) is 4.86. The topological polar surface area (TPSA) is 54.0 Å². The normalized spacial score (nSPS) is 14.3. The molecule has 4 nitrogen and oxygen atoms in total. The van der Waals surface area contributed by atoms with Crippen molar-refractivity contribution in [2.24, 2.45) is 5.92 Å². The Labute approximate surface area is 115 Å². The van der Waals surface area contributed by atoms with Crippen molar-refractivity contribution >= 4 is 5.91 Å². The smallest absolute Gasteiger partial charge is 0.251 e. The van der Waals surface area contributed by atoms with Crippen LogP contribution in [0, 0.1) is 5.92 Å². The Hall–Kier alpha value is -1.42. The summed E-state index contributed by atoms with van der Waals surface area (Å²) < 4.78 is 0. The summed E-state index contributed by atoms with van der Waals surface area (Å²) in [6.45, 7) is 6.78. The molecule has 2 heterocycles. The van der Waals surface area contributed by atoms with Gasteiger partial charge in [0, 0.05) is 49.1 Å². The highest BCUT2D eigenvalue weighted by atomic mass is 16.1. The molecule has 0 atom stereocenters. The lowest BCUT2D eigenvalue weighted by Crippen LogP contribution is -2.32. The van der Waals surface area contributed by atoms with E-state index in [0.29, 0.717) is 5.92 Å². The van der Waals surface area contributed by atoms with E-state index in [-0.39, 0.29) is 5.91 Å². The number of aromatic nitrogens is 1. The number of hydrogen-bond acceptors (Lipinski definition) is 3. The Kier molecular flexibility index (Phi) is 4.91. The van der Waals surface area contributed by atoms with Crippen molar-refractivity contribution in [2.45, 2.75) is 39.7 Å². The molecule has 0 unspecified atom stereocenters. The van der Waals surface area contributed by atoms with Gasteiger partial charge in [0.2, 0.25) is 0 Å². The lowest BCUT2D eigenvalue weighted by molar-refractivity contribution is 0.0945. The molecule has 0 saturated carbocycles. The van der Waals surface area contributed by atoms with Gasteiger partial charge in [-0.05, 0) is 12.0 Å². The van der Waals surface area contributed by atoms with Crippen LogP contribution in [-0.4, -0.2) is 24.0 Å². The molecule has 2 N–H and O–H groups in total. The van der Waals surface area contributed by atoms with Crippen molar-refractivity contribution in [1.82, 2.24) is 15.6 Å². The van der Waals surface area contributed by atoms with E-state index >= 15 is 0 Å². The predicted molar refractivity (Wildman–Crippen MR) is 76.1 cm³/mol. The first-order valence-corrected chi connectivity index (χ1v) is 7.21. The summed E-state index contributed by atoms with van der Waals surface area (Å²) in [5.74, 6) is 0.606. The van der Waals surface area contributed by atoms with Gasteiger partial charge in [-0.25, -0.2) is 0 Å². The predicted octanol–water partition coefficient (Wildman–Crippen LogP) is 1.89. The van der Waals surface area contributed by atoms with Crippen LogP contribution in [0.5, 0.6) is 0 Å². The highest BCUT2D eigenvalue weighted by Crippen LogP contribution is 2.16. The fourth-order valence-corrected chi connectivity index (χ4v) is 2.49. The van der Waals surface area contributed by atoms with Crippen molar-refractivity contribution < 1.29 is 4.79 Å². The summed E-state index contributed by atoms with van der Waals surface area (Å²) in [5, 5.41) is 6.36. The third-order valence-corrected chi connectivity index (χ3v) is 3.94. The van der Waals surface area contributed by atoms with Gasteiger partial charge in [-0.2, -0.15) is 0 Å². The van der Waals surface area contributed by atoms with Crippen LogP contribution in [0.1, 0.15) is 48.3 Å². The van der Waals surface area contributed by atoms with Gasteiger partial charge < -0.3 is 10.6 Å². The number of hydrogen-bond donors (Lipinski definition) is 2. The molecular formula is C15H23N3O. The summed E-state index contributed by atoms with van der Waals surface area (Å²) in [4.78, 5) is 16.7. The minimum atomic E-state index is 0.0363. The molecule has 0 fully saturated rings. The maximum absolute atomic E-state index is 12.3. The summed E-state index contributed by atoms with van der Waals surface area (Å²) in [6, 6.07) is 1.83. The Balaban J connectivity index is 2.07. The van der Waals surface area contributed by atoms with E-state index in [0.717, 1.165) is 55.7 Å². The van der Waals surface area contributed by atoms with Gasteiger partial charge in [0.05, 0.1) is 0 Å². The van der Waals surface area contributed by atoms with Gasteiger partial charge in [0.15, 0.2) is 0 Å². The molecule has 0 aliphatic carbocycles. The molecule has 104 valence electrons. The minimum absolute atomic E-state index is 0.0363. The van der Waals surface area contributed by atoms with E-state index in [9.17, 15) is 4.79 Å². The summed E-state index contributed by atoms with van der Waals surface area (Å²) >= 11 is 0. The average Bonchev–Trinajstić information content (AvgIpc) is 2.47. The average molecular weight is 261 g/mol. The van der Waals surface area contributed by atoms with Gasteiger partial charge in [0.1, 0.15) is 0 Å². The summed E-state index contributed by atoms with van der Waals surface area (Å²) in [5.41, 5.74) is 2.91. The molecule has 4 heteroatoms. The molecule has 19 heavy (non-hydrogen) atoms. The van der Waals surface area contributed by atoms with Crippen LogP contribution in [0.25, 0.3) is 0 Å². The number of amides is 1. The maximum Gasteiger partial charge on any atom is 0.251 e. The number of fused-ring (bicyclic) bond motifs is 1. The second-order valence-corrected chi connectivity index (χ2v) is 5.10. The molecule has 1 aromatic rings.